The van der Waals surface area contributed by atoms with Gasteiger partial charge < -0.3 is 4.90 Å². The molecule has 4 heteroatoms. The normalized spacial score (nSPS) is 16.4. The molecule has 19 heavy (non-hydrogen) atoms. The molecule has 104 valence electrons. The molecule has 1 heterocycles. The van der Waals surface area contributed by atoms with Gasteiger partial charge in [0.2, 0.25) is 5.78 Å². The molecule has 0 aliphatic carbocycles. The lowest BCUT2D eigenvalue weighted by molar-refractivity contribution is 0.102. The van der Waals surface area contributed by atoms with Gasteiger partial charge in [-0.15, -0.1) is 0 Å². The average Bonchev–Trinajstić information content (AvgIpc) is 2.39. The van der Waals surface area contributed by atoms with Gasteiger partial charge in [-0.1, -0.05) is 11.6 Å². The lowest BCUT2D eigenvalue weighted by Crippen LogP contribution is -2.25. The van der Waals surface area contributed by atoms with Crippen molar-refractivity contribution < 1.29 is 4.79 Å². The second-order valence-electron chi connectivity index (χ2n) is 5.24. The fourth-order valence-corrected chi connectivity index (χ4v) is 4.78. The van der Waals surface area contributed by atoms with Gasteiger partial charge in [0.1, 0.15) is 11.5 Å². The molecule has 2 nitrogen and oxygen atoms in total. The number of carbonyl (C=O) groups excluding carboxylic acids is 1. The Hall–Kier alpha value is -0.670. The van der Waals surface area contributed by atoms with E-state index in [1.54, 1.807) is 6.07 Å². The third-order valence-corrected chi connectivity index (χ3v) is 6.04. The highest BCUT2D eigenvalue weighted by molar-refractivity contribution is 7.97. The molecule has 0 N–H and O–H groups in total. The molecular weight excluding hydrogens is 278 g/mol. The number of benzene rings is 1. The first-order valence-corrected chi connectivity index (χ1v) is 8.82. The Morgan fingerprint density at radius 2 is 1.89 bits per heavy atom. The first-order chi connectivity index (χ1) is 9.06. The zero-order chi connectivity index (χ0) is 13.8. The summed E-state index contributed by atoms with van der Waals surface area (Å²) in [7, 11) is 4.22. The Balaban J connectivity index is 2.09. The van der Waals surface area contributed by atoms with Crippen molar-refractivity contribution in [1.82, 2.24) is 0 Å². The number of hydrogen-bond acceptors (Lipinski definition) is 2. The summed E-state index contributed by atoms with van der Waals surface area (Å²) in [6.45, 7) is 0. The van der Waals surface area contributed by atoms with Gasteiger partial charge in [-0.2, -0.15) is 0 Å². The summed E-state index contributed by atoms with van der Waals surface area (Å²) in [5.41, 5.74) is 1.75. The number of carbonyl (C=O) groups is 1. The summed E-state index contributed by atoms with van der Waals surface area (Å²) in [5.74, 6) is 3.41. The lowest BCUT2D eigenvalue weighted by atomic mass is 10.1. The van der Waals surface area contributed by atoms with Crippen LogP contribution in [0.2, 0.25) is 5.02 Å². The van der Waals surface area contributed by atoms with Crippen LogP contribution in [0.25, 0.3) is 0 Å². The van der Waals surface area contributed by atoms with Crippen molar-refractivity contribution in [3.8, 4) is 0 Å². The van der Waals surface area contributed by atoms with Crippen molar-refractivity contribution in [2.75, 3.05) is 36.3 Å². The van der Waals surface area contributed by atoms with E-state index in [0.717, 1.165) is 11.3 Å². The zero-order valence-corrected chi connectivity index (χ0v) is 13.2. The van der Waals surface area contributed by atoms with E-state index < -0.39 is 0 Å². The molecule has 1 aromatic carbocycles. The van der Waals surface area contributed by atoms with E-state index in [-0.39, 0.29) is 5.78 Å². The summed E-state index contributed by atoms with van der Waals surface area (Å²) in [6.07, 6.45) is 3.91. The topological polar surface area (TPSA) is 20.3 Å². The van der Waals surface area contributed by atoms with Crippen LogP contribution in [-0.2, 0) is 10.9 Å². The number of ketones is 1. The first-order valence-electron chi connectivity index (χ1n) is 6.71. The van der Waals surface area contributed by atoms with Crippen molar-refractivity contribution in [2.45, 2.75) is 19.3 Å². The molecule has 0 saturated carbocycles. The summed E-state index contributed by atoms with van der Waals surface area (Å²) in [5, 5.41) is 0.640. The van der Waals surface area contributed by atoms with E-state index in [4.69, 9.17) is 11.6 Å². The van der Waals surface area contributed by atoms with E-state index in [1.807, 2.05) is 31.1 Å². The molecule has 1 saturated heterocycles. The monoisotopic (exact) mass is 298 g/mol. The quantitative estimate of drug-likeness (QED) is 0.627. The van der Waals surface area contributed by atoms with Gasteiger partial charge >= 0.3 is 0 Å². The van der Waals surface area contributed by atoms with Crippen LogP contribution >= 0.6 is 11.6 Å². The van der Waals surface area contributed by atoms with Crippen LogP contribution in [0.1, 0.15) is 29.6 Å². The van der Waals surface area contributed by atoms with Crippen molar-refractivity contribution in [3.05, 3.63) is 28.8 Å². The van der Waals surface area contributed by atoms with Crippen molar-refractivity contribution in [1.29, 1.82) is 0 Å². The van der Waals surface area contributed by atoms with Gasteiger partial charge in [-0.05, 0) is 48.4 Å². The smallest absolute Gasteiger partial charge is 0.211 e. The Morgan fingerprint density at radius 1 is 1.21 bits per heavy atom. The fourth-order valence-electron chi connectivity index (χ4n) is 2.30. The maximum absolute atomic E-state index is 12.4. The molecule has 0 atom stereocenters. The Morgan fingerprint density at radius 3 is 2.53 bits per heavy atom. The summed E-state index contributed by atoms with van der Waals surface area (Å²) in [4.78, 5) is 14.3. The largest absolute Gasteiger partial charge is 0.378 e. The predicted octanol–water partition coefficient (Wildman–Crippen LogP) is 3.39. The second-order valence-corrected chi connectivity index (χ2v) is 8.01. The number of rotatable bonds is 4. The molecule has 2 rings (SSSR count). The summed E-state index contributed by atoms with van der Waals surface area (Å²) >= 11 is 6.10. The molecule has 0 aromatic heterocycles. The van der Waals surface area contributed by atoms with E-state index in [2.05, 4.69) is 0 Å². The Labute approximate surface area is 123 Å². The van der Waals surface area contributed by atoms with E-state index in [9.17, 15) is 4.79 Å². The minimum atomic E-state index is 0.246. The number of Topliss-reactive ketones (excluding diaryl/α,β-unsaturated/α-hetero) is 1. The fraction of sp³-hybridized carbons (Fsp3) is 0.533. The molecular formula is C15H21ClNOS+. The highest BCUT2D eigenvalue weighted by atomic mass is 35.5. The van der Waals surface area contributed by atoms with E-state index >= 15 is 0 Å². The summed E-state index contributed by atoms with van der Waals surface area (Å²) in [6, 6.07) is 5.63. The maximum Gasteiger partial charge on any atom is 0.211 e. The van der Waals surface area contributed by atoms with E-state index in [0.29, 0.717) is 21.7 Å². The highest BCUT2D eigenvalue weighted by Crippen LogP contribution is 2.22. The van der Waals surface area contributed by atoms with Crippen LogP contribution in [0.4, 0.5) is 5.69 Å². The molecule has 0 spiro atoms. The van der Waals surface area contributed by atoms with Gasteiger partial charge in [0.15, 0.2) is 5.75 Å². The minimum absolute atomic E-state index is 0.246. The van der Waals surface area contributed by atoms with Crippen LogP contribution in [0.5, 0.6) is 0 Å². The van der Waals surface area contributed by atoms with Crippen LogP contribution in [0.15, 0.2) is 18.2 Å². The first kappa shape index (κ1) is 14.7. The van der Waals surface area contributed by atoms with Gasteiger partial charge in [-0.3, -0.25) is 4.79 Å². The predicted molar refractivity (Wildman–Crippen MR) is 85.9 cm³/mol. The minimum Gasteiger partial charge on any atom is -0.378 e. The van der Waals surface area contributed by atoms with Gasteiger partial charge in [0.25, 0.3) is 0 Å². The van der Waals surface area contributed by atoms with Gasteiger partial charge in [0.05, 0.1) is 0 Å². The Kier molecular flexibility index (Phi) is 5.17. The number of hydrogen-bond donors (Lipinski definition) is 0. The van der Waals surface area contributed by atoms with Crippen LogP contribution in [0, 0.1) is 0 Å². The molecule has 0 amide bonds. The van der Waals surface area contributed by atoms with Crippen LogP contribution in [0.3, 0.4) is 0 Å². The second kappa shape index (κ2) is 6.67. The number of anilines is 1. The molecule has 1 fully saturated rings. The SMILES string of the molecule is CN(C)c1cc(Cl)cc(C(=O)C[S+]2CCCCC2)c1. The molecule has 0 bridgehead atoms. The molecule has 0 radical (unpaired) electrons. The van der Waals surface area contributed by atoms with Crippen molar-refractivity contribution in [3.63, 3.8) is 0 Å². The van der Waals surface area contributed by atoms with Crippen LogP contribution < -0.4 is 4.90 Å². The third-order valence-electron chi connectivity index (χ3n) is 3.42. The standard InChI is InChI=1S/C15H21ClNOS/c1-17(2)14-9-12(8-13(16)10-14)15(18)11-19-6-4-3-5-7-19/h8-10H,3-7,11H2,1-2H3/q+1. The maximum atomic E-state index is 12.4. The number of nitrogens with zero attached hydrogens (tertiary/aromatic N) is 1. The zero-order valence-electron chi connectivity index (χ0n) is 11.6. The van der Waals surface area contributed by atoms with Gasteiger partial charge in [0, 0.05) is 30.4 Å². The average molecular weight is 299 g/mol. The van der Waals surface area contributed by atoms with Crippen LogP contribution in [-0.4, -0.2) is 37.1 Å². The van der Waals surface area contributed by atoms with Crippen molar-refractivity contribution in [2.24, 2.45) is 0 Å². The molecule has 1 aliphatic rings. The Bertz CT molecular complexity index is 455. The lowest BCUT2D eigenvalue weighted by Gasteiger charge is -2.15. The third kappa shape index (κ3) is 4.15. The van der Waals surface area contributed by atoms with Gasteiger partial charge in [-0.25, -0.2) is 0 Å². The van der Waals surface area contributed by atoms with Crippen molar-refractivity contribution >= 4 is 34.0 Å². The molecule has 1 aliphatic heterocycles. The molecule has 1 aromatic rings. The van der Waals surface area contributed by atoms with E-state index in [1.165, 1.54) is 30.8 Å². The molecule has 0 unspecified atom stereocenters. The number of halogens is 1. The summed E-state index contributed by atoms with van der Waals surface area (Å²) < 4.78 is 0. The highest BCUT2D eigenvalue weighted by Gasteiger charge is 2.26.